The predicted molar refractivity (Wildman–Crippen MR) is 123 cm³/mol. The zero-order valence-electron chi connectivity index (χ0n) is 17.1. The molecule has 30 heavy (non-hydrogen) atoms. The Hall–Kier alpha value is -2.31. The first-order chi connectivity index (χ1) is 14.4. The number of carbonyl (C=O) groups excluding carboxylic acids is 1. The Kier molecular flexibility index (Phi) is 6.16. The number of carbonyl (C=O) groups is 1. The number of aromatic nitrogens is 2. The van der Waals surface area contributed by atoms with Crippen LogP contribution in [0, 0.1) is 12.8 Å². The van der Waals surface area contributed by atoms with E-state index in [9.17, 15) is 9.59 Å². The number of piperidine rings is 1. The number of para-hydroxylation sites is 1. The van der Waals surface area contributed by atoms with Crippen LogP contribution in [0.25, 0.3) is 16.6 Å². The van der Waals surface area contributed by atoms with Gasteiger partial charge in [-0.25, -0.2) is 4.98 Å². The molecule has 156 valence electrons. The lowest BCUT2D eigenvalue weighted by molar-refractivity contribution is -0.130. The summed E-state index contributed by atoms with van der Waals surface area (Å²) in [6.07, 6.45) is 2.20. The number of nitrogens with zero attached hydrogens (tertiary/aromatic N) is 3. The molecular weight excluding hydrogens is 418 g/mol. The summed E-state index contributed by atoms with van der Waals surface area (Å²) in [5, 5.41) is 1.62. The first-order valence-corrected chi connectivity index (χ1v) is 11.5. The Balaban J connectivity index is 1.71. The Morgan fingerprint density at radius 2 is 2.07 bits per heavy atom. The molecule has 5 nitrogen and oxygen atoms in total. The van der Waals surface area contributed by atoms with E-state index in [1.54, 1.807) is 16.7 Å². The number of rotatable bonds is 4. The molecule has 0 radical (unpaired) electrons. The third-order valence-electron chi connectivity index (χ3n) is 5.49. The van der Waals surface area contributed by atoms with Gasteiger partial charge in [0.25, 0.3) is 5.56 Å². The number of likely N-dealkylation sites (tertiary alicyclic amines) is 1. The normalized spacial score (nSPS) is 16.8. The van der Waals surface area contributed by atoms with Crippen molar-refractivity contribution in [2.24, 2.45) is 5.92 Å². The van der Waals surface area contributed by atoms with Crippen molar-refractivity contribution in [1.82, 2.24) is 14.5 Å². The van der Waals surface area contributed by atoms with E-state index in [1.165, 1.54) is 11.8 Å². The van der Waals surface area contributed by atoms with Crippen molar-refractivity contribution in [1.29, 1.82) is 0 Å². The van der Waals surface area contributed by atoms with E-state index in [0.29, 0.717) is 32.7 Å². The zero-order chi connectivity index (χ0) is 21.3. The van der Waals surface area contributed by atoms with Crippen molar-refractivity contribution in [2.45, 2.75) is 31.8 Å². The number of hydrogen-bond donors (Lipinski definition) is 0. The summed E-state index contributed by atoms with van der Waals surface area (Å²) in [5.74, 6) is 0.860. The molecule has 4 rings (SSSR count). The van der Waals surface area contributed by atoms with E-state index in [-0.39, 0.29) is 17.2 Å². The fourth-order valence-electron chi connectivity index (χ4n) is 3.79. The first kappa shape index (κ1) is 20.9. The van der Waals surface area contributed by atoms with Crippen LogP contribution in [0.15, 0.2) is 52.4 Å². The smallest absolute Gasteiger partial charge is 0.266 e. The van der Waals surface area contributed by atoms with Gasteiger partial charge in [0.2, 0.25) is 5.91 Å². The van der Waals surface area contributed by atoms with Crippen molar-refractivity contribution in [3.05, 3.63) is 63.4 Å². The number of hydrogen-bond acceptors (Lipinski definition) is 4. The molecule has 2 aromatic carbocycles. The molecule has 3 aromatic rings. The molecule has 0 spiro atoms. The highest BCUT2D eigenvalue weighted by molar-refractivity contribution is 7.99. The molecular formula is C23H24ClN3O2S. The maximum atomic E-state index is 13.3. The van der Waals surface area contributed by atoms with Crippen LogP contribution in [0.1, 0.15) is 25.3 Å². The lowest BCUT2D eigenvalue weighted by Crippen LogP contribution is -2.40. The van der Waals surface area contributed by atoms with Gasteiger partial charge in [0.05, 0.1) is 22.3 Å². The van der Waals surface area contributed by atoms with Crippen LogP contribution in [0.3, 0.4) is 0 Å². The van der Waals surface area contributed by atoms with Crippen LogP contribution in [0.4, 0.5) is 0 Å². The molecule has 0 N–H and O–H groups in total. The molecule has 0 saturated carbocycles. The van der Waals surface area contributed by atoms with Crippen LogP contribution in [0.2, 0.25) is 5.02 Å². The van der Waals surface area contributed by atoms with Crippen molar-refractivity contribution in [2.75, 3.05) is 18.8 Å². The molecule has 1 atom stereocenters. The van der Waals surface area contributed by atoms with Gasteiger partial charge in [-0.3, -0.25) is 14.2 Å². The molecule has 7 heteroatoms. The van der Waals surface area contributed by atoms with Crippen LogP contribution < -0.4 is 5.56 Å². The minimum absolute atomic E-state index is 0.0856. The van der Waals surface area contributed by atoms with E-state index in [1.807, 2.05) is 42.2 Å². The molecule has 2 heterocycles. The Morgan fingerprint density at radius 3 is 2.83 bits per heavy atom. The third-order valence-corrected chi connectivity index (χ3v) is 6.82. The predicted octanol–water partition coefficient (Wildman–Crippen LogP) is 4.70. The van der Waals surface area contributed by atoms with Gasteiger partial charge in [-0.15, -0.1) is 0 Å². The molecule has 1 aliphatic heterocycles. The van der Waals surface area contributed by atoms with Crippen LogP contribution in [0.5, 0.6) is 0 Å². The molecule has 0 aliphatic carbocycles. The van der Waals surface area contributed by atoms with E-state index in [2.05, 4.69) is 6.92 Å². The van der Waals surface area contributed by atoms with Gasteiger partial charge in [0, 0.05) is 18.1 Å². The summed E-state index contributed by atoms with van der Waals surface area (Å²) in [6.45, 7) is 5.69. The lowest BCUT2D eigenvalue weighted by atomic mass is 10.0. The van der Waals surface area contributed by atoms with Gasteiger partial charge in [0.1, 0.15) is 0 Å². The van der Waals surface area contributed by atoms with Crippen LogP contribution in [-0.2, 0) is 4.79 Å². The summed E-state index contributed by atoms with van der Waals surface area (Å²) in [6, 6.07) is 12.8. The zero-order valence-corrected chi connectivity index (χ0v) is 18.7. The number of benzene rings is 2. The summed E-state index contributed by atoms with van der Waals surface area (Å²) in [5.41, 5.74) is 2.04. The maximum Gasteiger partial charge on any atom is 0.266 e. The van der Waals surface area contributed by atoms with E-state index < -0.39 is 0 Å². The number of fused-ring (bicyclic) bond motifs is 1. The third kappa shape index (κ3) is 4.25. The molecule has 0 bridgehead atoms. The number of halogens is 1. The fraction of sp³-hybridized carbons (Fsp3) is 0.348. The van der Waals surface area contributed by atoms with E-state index in [4.69, 9.17) is 16.6 Å². The number of thioether (sulfide) groups is 1. The number of amides is 1. The monoisotopic (exact) mass is 441 g/mol. The standard InChI is InChI=1S/C23H24ClN3O2S/c1-15-6-5-11-26(13-15)21(28)14-30-23-25-20-8-4-3-7-18(20)22(29)27(23)17-10-9-16(2)19(24)12-17/h3-4,7-10,12,15H,5-6,11,13-14H2,1-2H3. The minimum atomic E-state index is -0.165. The van der Waals surface area contributed by atoms with Crippen molar-refractivity contribution in [3.8, 4) is 5.69 Å². The maximum absolute atomic E-state index is 13.3. The van der Waals surface area contributed by atoms with Gasteiger partial charge in [-0.1, -0.05) is 48.5 Å². The summed E-state index contributed by atoms with van der Waals surface area (Å²) >= 11 is 7.63. The average molecular weight is 442 g/mol. The molecule has 1 unspecified atom stereocenters. The molecule has 1 fully saturated rings. The summed E-state index contributed by atoms with van der Waals surface area (Å²) in [7, 11) is 0. The van der Waals surface area contributed by atoms with E-state index in [0.717, 1.165) is 31.5 Å². The topological polar surface area (TPSA) is 55.2 Å². The fourth-order valence-corrected chi connectivity index (χ4v) is 4.88. The second-order valence-electron chi connectivity index (χ2n) is 7.86. The largest absolute Gasteiger partial charge is 0.342 e. The van der Waals surface area contributed by atoms with Crippen molar-refractivity contribution in [3.63, 3.8) is 0 Å². The minimum Gasteiger partial charge on any atom is -0.342 e. The molecule has 1 aromatic heterocycles. The first-order valence-electron chi connectivity index (χ1n) is 10.1. The Labute approximate surface area is 185 Å². The Morgan fingerprint density at radius 1 is 1.27 bits per heavy atom. The molecule has 1 saturated heterocycles. The van der Waals surface area contributed by atoms with Gasteiger partial charge >= 0.3 is 0 Å². The Bertz CT molecular complexity index is 1160. The lowest BCUT2D eigenvalue weighted by Gasteiger charge is -2.30. The summed E-state index contributed by atoms with van der Waals surface area (Å²) in [4.78, 5) is 32.7. The average Bonchev–Trinajstić information content (AvgIpc) is 2.74. The van der Waals surface area contributed by atoms with Gasteiger partial charge in [-0.2, -0.15) is 0 Å². The highest BCUT2D eigenvalue weighted by Crippen LogP contribution is 2.25. The molecule has 1 aliphatic rings. The van der Waals surface area contributed by atoms with Crippen molar-refractivity contribution >= 4 is 40.2 Å². The van der Waals surface area contributed by atoms with Gasteiger partial charge in [0.15, 0.2) is 5.16 Å². The summed E-state index contributed by atoms with van der Waals surface area (Å²) < 4.78 is 1.56. The van der Waals surface area contributed by atoms with Gasteiger partial charge < -0.3 is 4.90 Å². The highest BCUT2D eigenvalue weighted by atomic mass is 35.5. The molecule has 1 amide bonds. The SMILES string of the molecule is Cc1ccc(-n2c(SCC(=O)N3CCCC(C)C3)nc3ccccc3c2=O)cc1Cl. The second kappa shape index (κ2) is 8.82. The quantitative estimate of drug-likeness (QED) is 0.435. The number of aryl methyl sites for hydroxylation is 1. The highest BCUT2D eigenvalue weighted by Gasteiger charge is 2.22. The van der Waals surface area contributed by atoms with Gasteiger partial charge in [-0.05, 0) is 55.5 Å². The van der Waals surface area contributed by atoms with Crippen molar-refractivity contribution < 1.29 is 4.79 Å². The van der Waals surface area contributed by atoms with Crippen LogP contribution >= 0.6 is 23.4 Å². The van der Waals surface area contributed by atoms with E-state index >= 15 is 0 Å². The second-order valence-corrected chi connectivity index (χ2v) is 9.21. The van der Waals surface area contributed by atoms with Crippen LogP contribution in [-0.4, -0.2) is 39.2 Å².